The van der Waals surface area contributed by atoms with Crippen LogP contribution in [0.15, 0.2) is 12.3 Å². The number of amides is 2. The first-order valence-corrected chi connectivity index (χ1v) is 7.58. The van der Waals surface area contributed by atoms with Crippen LogP contribution >= 0.6 is 0 Å². The Morgan fingerprint density at radius 1 is 0.944 bits per heavy atom. The van der Waals surface area contributed by atoms with E-state index < -0.39 is 0 Å². The van der Waals surface area contributed by atoms with E-state index in [0.29, 0.717) is 5.92 Å². The second-order valence-electron chi connectivity index (χ2n) is 5.61. The number of hydrogen-bond acceptors (Lipinski definition) is 1. The third-order valence-corrected chi connectivity index (χ3v) is 4.12. The van der Waals surface area contributed by atoms with Crippen molar-refractivity contribution in [1.29, 1.82) is 0 Å². The van der Waals surface area contributed by atoms with Gasteiger partial charge < -0.3 is 10.2 Å². The number of carbonyl (C=O) groups excluding carboxylic acids is 1. The summed E-state index contributed by atoms with van der Waals surface area (Å²) in [6.45, 7) is 1.84. The van der Waals surface area contributed by atoms with Gasteiger partial charge in [-0.25, -0.2) is 4.79 Å². The fourth-order valence-corrected chi connectivity index (χ4v) is 2.95. The van der Waals surface area contributed by atoms with Crippen molar-refractivity contribution in [1.82, 2.24) is 10.2 Å². The highest BCUT2D eigenvalue weighted by Crippen LogP contribution is 2.24. The van der Waals surface area contributed by atoms with Crippen molar-refractivity contribution >= 4 is 6.03 Å². The maximum atomic E-state index is 12.0. The number of hydrogen-bond donors (Lipinski definition) is 1. The zero-order valence-corrected chi connectivity index (χ0v) is 11.4. The van der Waals surface area contributed by atoms with Crippen LogP contribution in [0.3, 0.4) is 0 Å². The van der Waals surface area contributed by atoms with Crippen molar-refractivity contribution < 1.29 is 4.79 Å². The predicted octanol–water partition coefficient (Wildman–Crippen LogP) is 3.67. The summed E-state index contributed by atoms with van der Waals surface area (Å²) in [5.41, 5.74) is 0. The number of likely N-dealkylation sites (tertiary alicyclic amines) is 1. The van der Waals surface area contributed by atoms with E-state index in [1.807, 2.05) is 11.1 Å². The van der Waals surface area contributed by atoms with Crippen molar-refractivity contribution in [2.45, 2.75) is 57.8 Å². The summed E-state index contributed by atoms with van der Waals surface area (Å²) in [7, 11) is 0. The van der Waals surface area contributed by atoms with Crippen molar-refractivity contribution in [2.75, 3.05) is 13.1 Å². The molecule has 0 aromatic rings. The Kier molecular flexibility index (Phi) is 5.56. The summed E-state index contributed by atoms with van der Waals surface area (Å²) in [5.74, 6) is 0.684. The van der Waals surface area contributed by atoms with Gasteiger partial charge in [0.1, 0.15) is 0 Å². The number of allylic oxidation sites excluding steroid dienone is 1. The molecular formula is C15H26N2O. The average Bonchev–Trinajstić information content (AvgIpc) is 2.69. The van der Waals surface area contributed by atoms with Gasteiger partial charge in [0.05, 0.1) is 0 Å². The summed E-state index contributed by atoms with van der Waals surface area (Å²) in [4.78, 5) is 13.9. The Balaban J connectivity index is 1.71. The topological polar surface area (TPSA) is 32.3 Å². The minimum absolute atomic E-state index is 0.0870. The summed E-state index contributed by atoms with van der Waals surface area (Å²) >= 11 is 0. The van der Waals surface area contributed by atoms with Crippen LogP contribution in [0.1, 0.15) is 57.8 Å². The van der Waals surface area contributed by atoms with Crippen LogP contribution in [-0.2, 0) is 0 Å². The van der Waals surface area contributed by atoms with E-state index in [2.05, 4.69) is 11.4 Å². The molecule has 2 aliphatic rings. The van der Waals surface area contributed by atoms with E-state index in [1.54, 1.807) is 0 Å². The first-order chi connectivity index (χ1) is 8.86. The normalized spacial score (nSPS) is 23.0. The SMILES string of the molecule is O=C(N/C=C/C1CCCCC1)N1CCCCCC1. The molecule has 1 aliphatic heterocycles. The number of nitrogens with zero attached hydrogens (tertiary/aromatic N) is 1. The minimum atomic E-state index is 0.0870. The Bertz CT molecular complexity index is 274. The molecule has 1 saturated heterocycles. The molecule has 0 bridgehead atoms. The Morgan fingerprint density at radius 2 is 1.56 bits per heavy atom. The van der Waals surface area contributed by atoms with Crippen LogP contribution in [0.2, 0.25) is 0 Å². The van der Waals surface area contributed by atoms with Crippen LogP contribution in [-0.4, -0.2) is 24.0 Å². The van der Waals surface area contributed by atoms with E-state index in [9.17, 15) is 4.79 Å². The molecule has 0 aromatic carbocycles. The molecule has 1 N–H and O–H groups in total. The van der Waals surface area contributed by atoms with Crippen LogP contribution in [0, 0.1) is 5.92 Å². The monoisotopic (exact) mass is 250 g/mol. The Hall–Kier alpha value is -0.990. The van der Waals surface area contributed by atoms with Gasteiger partial charge in [-0.2, -0.15) is 0 Å². The Morgan fingerprint density at radius 3 is 2.22 bits per heavy atom. The number of urea groups is 1. The maximum absolute atomic E-state index is 12.0. The fraction of sp³-hybridized carbons (Fsp3) is 0.800. The summed E-state index contributed by atoms with van der Waals surface area (Å²) < 4.78 is 0. The molecule has 18 heavy (non-hydrogen) atoms. The lowest BCUT2D eigenvalue weighted by molar-refractivity contribution is 0.203. The molecule has 1 aliphatic carbocycles. The average molecular weight is 250 g/mol. The molecule has 0 spiro atoms. The van der Waals surface area contributed by atoms with Crippen molar-refractivity contribution in [2.24, 2.45) is 5.92 Å². The van der Waals surface area contributed by atoms with Gasteiger partial charge in [0, 0.05) is 19.3 Å². The largest absolute Gasteiger partial charge is 0.325 e. The molecule has 0 unspecified atom stereocenters. The van der Waals surface area contributed by atoms with Crippen LogP contribution in [0.25, 0.3) is 0 Å². The van der Waals surface area contributed by atoms with E-state index in [4.69, 9.17) is 0 Å². The Labute approximate surface area is 111 Å². The van der Waals surface area contributed by atoms with Gasteiger partial charge in [-0.05, 0) is 31.6 Å². The fourth-order valence-electron chi connectivity index (χ4n) is 2.95. The molecule has 2 amide bonds. The van der Waals surface area contributed by atoms with Gasteiger partial charge in [-0.1, -0.05) is 38.2 Å². The van der Waals surface area contributed by atoms with Crippen LogP contribution in [0.5, 0.6) is 0 Å². The van der Waals surface area contributed by atoms with Crippen molar-refractivity contribution in [3.8, 4) is 0 Å². The zero-order valence-electron chi connectivity index (χ0n) is 11.4. The third-order valence-electron chi connectivity index (χ3n) is 4.12. The highest BCUT2D eigenvalue weighted by atomic mass is 16.2. The molecule has 1 heterocycles. The molecule has 2 rings (SSSR count). The summed E-state index contributed by atoms with van der Waals surface area (Å²) in [5, 5.41) is 2.93. The molecule has 0 radical (unpaired) electrons. The molecule has 2 fully saturated rings. The van der Waals surface area contributed by atoms with Gasteiger partial charge in [0.2, 0.25) is 0 Å². The van der Waals surface area contributed by atoms with Gasteiger partial charge in [-0.3, -0.25) is 0 Å². The van der Waals surface area contributed by atoms with Crippen molar-refractivity contribution in [3.05, 3.63) is 12.3 Å². The van der Waals surface area contributed by atoms with Crippen LogP contribution < -0.4 is 5.32 Å². The highest BCUT2D eigenvalue weighted by Gasteiger charge is 2.14. The second-order valence-corrected chi connectivity index (χ2v) is 5.61. The molecule has 1 saturated carbocycles. The first-order valence-electron chi connectivity index (χ1n) is 7.58. The predicted molar refractivity (Wildman–Crippen MR) is 74.3 cm³/mol. The van der Waals surface area contributed by atoms with Gasteiger partial charge >= 0.3 is 6.03 Å². The lowest BCUT2D eigenvalue weighted by Gasteiger charge is -2.20. The van der Waals surface area contributed by atoms with E-state index in [0.717, 1.165) is 25.9 Å². The minimum Gasteiger partial charge on any atom is -0.325 e. The summed E-state index contributed by atoms with van der Waals surface area (Å²) in [6.07, 6.45) is 15.5. The maximum Gasteiger partial charge on any atom is 0.321 e. The van der Waals surface area contributed by atoms with Gasteiger partial charge in [-0.15, -0.1) is 0 Å². The lowest BCUT2D eigenvalue weighted by Crippen LogP contribution is -2.38. The molecule has 0 atom stereocenters. The smallest absolute Gasteiger partial charge is 0.321 e. The first kappa shape index (κ1) is 13.4. The molecule has 3 heteroatoms. The summed E-state index contributed by atoms with van der Waals surface area (Å²) in [6, 6.07) is 0.0870. The third kappa shape index (κ3) is 4.35. The number of carbonyl (C=O) groups is 1. The molecule has 102 valence electrons. The molecule has 3 nitrogen and oxygen atoms in total. The standard InChI is InChI=1S/C15H26N2O/c18-15(17-12-6-1-2-7-13-17)16-11-10-14-8-4-3-5-9-14/h10-11,14H,1-9,12-13H2,(H,16,18)/b11-10+. The van der Waals surface area contributed by atoms with Gasteiger partial charge in [0.25, 0.3) is 0 Å². The van der Waals surface area contributed by atoms with E-state index in [1.165, 1.54) is 44.9 Å². The van der Waals surface area contributed by atoms with Crippen molar-refractivity contribution in [3.63, 3.8) is 0 Å². The quantitative estimate of drug-likeness (QED) is 0.797. The molecule has 0 aromatic heterocycles. The zero-order chi connectivity index (χ0) is 12.6. The van der Waals surface area contributed by atoms with E-state index in [-0.39, 0.29) is 6.03 Å². The number of rotatable bonds is 2. The molecular weight excluding hydrogens is 224 g/mol. The van der Waals surface area contributed by atoms with Gasteiger partial charge in [0.15, 0.2) is 0 Å². The number of nitrogens with one attached hydrogen (secondary N) is 1. The van der Waals surface area contributed by atoms with Crippen LogP contribution in [0.4, 0.5) is 4.79 Å². The second kappa shape index (κ2) is 7.45. The van der Waals surface area contributed by atoms with E-state index >= 15 is 0 Å². The lowest BCUT2D eigenvalue weighted by atomic mass is 9.89. The highest BCUT2D eigenvalue weighted by molar-refractivity contribution is 5.75.